The first kappa shape index (κ1) is 16.1. The Kier molecular flexibility index (Phi) is 4.78. The molecule has 1 amide bonds. The van der Waals surface area contributed by atoms with Crippen molar-refractivity contribution in [3.05, 3.63) is 23.8 Å². The van der Waals surface area contributed by atoms with Crippen molar-refractivity contribution in [2.45, 2.75) is 36.6 Å². The molecule has 1 aromatic rings. The van der Waals surface area contributed by atoms with Gasteiger partial charge < -0.3 is 9.64 Å². The van der Waals surface area contributed by atoms with Crippen LogP contribution in [0.15, 0.2) is 23.1 Å². The van der Waals surface area contributed by atoms with E-state index in [1.165, 1.54) is 25.3 Å². The highest BCUT2D eigenvalue weighted by Gasteiger charge is 2.27. The van der Waals surface area contributed by atoms with Crippen molar-refractivity contribution in [2.75, 3.05) is 14.2 Å². The lowest BCUT2D eigenvalue weighted by molar-refractivity contribution is 0.0731. The Hall–Kier alpha value is -1.27. The van der Waals surface area contributed by atoms with Gasteiger partial charge in [0.25, 0.3) is 15.0 Å². The molecule has 0 N–H and O–H groups in total. The summed E-state index contributed by atoms with van der Waals surface area (Å²) in [5, 5.41) is 0. The van der Waals surface area contributed by atoms with Gasteiger partial charge in [-0.1, -0.05) is 12.8 Å². The van der Waals surface area contributed by atoms with Gasteiger partial charge in [-0.2, -0.15) is 0 Å². The summed E-state index contributed by atoms with van der Waals surface area (Å²) in [7, 11) is 4.64. The summed E-state index contributed by atoms with van der Waals surface area (Å²) in [5.41, 5.74) is 0.216. The third-order valence-electron chi connectivity index (χ3n) is 3.88. The van der Waals surface area contributed by atoms with Crippen LogP contribution in [0.4, 0.5) is 0 Å². The van der Waals surface area contributed by atoms with Gasteiger partial charge in [0, 0.05) is 23.8 Å². The van der Waals surface area contributed by atoms with E-state index in [0.717, 1.165) is 25.7 Å². The fraction of sp³-hybridized carbons (Fsp3) is 0.500. The molecule has 0 unspecified atom stereocenters. The number of hydrogen-bond acceptors (Lipinski definition) is 4. The van der Waals surface area contributed by atoms with Crippen LogP contribution >= 0.6 is 10.7 Å². The average Bonchev–Trinajstić information content (AvgIpc) is 2.98. The highest BCUT2D eigenvalue weighted by Crippen LogP contribution is 2.28. The number of halogens is 1. The summed E-state index contributed by atoms with van der Waals surface area (Å²) >= 11 is 0. The molecular formula is C14H18ClNO4S. The van der Waals surface area contributed by atoms with Crippen LogP contribution in [0.25, 0.3) is 0 Å². The van der Waals surface area contributed by atoms with E-state index in [0.29, 0.717) is 5.75 Å². The fourth-order valence-corrected chi connectivity index (χ4v) is 3.43. The Morgan fingerprint density at radius 3 is 2.48 bits per heavy atom. The molecule has 0 bridgehead atoms. The second-order valence-corrected chi connectivity index (χ2v) is 7.72. The van der Waals surface area contributed by atoms with Gasteiger partial charge in [0.15, 0.2) is 0 Å². The van der Waals surface area contributed by atoms with Gasteiger partial charge in [0.05, 0.1) is 17.6 Å². The van der Waals surface area contributed by atoms with Gasteiger partial charge in [0.2, 0.25) is 0 Å². The summed E-state index contributed by atoms with van der Waals surface area (Å²) in [6, 6.07) is 4.24. The van der Waals surface area contributed by atoms with Crippen LogP contribution in [0.5, 0.6) is 5.75 Å². The molecule has 1 fully saturated rings. The summed E-state index contributed by atoms with van der Waals surface area (Å²) in [4.78, 5) is 14.2. The monoisotopic (exact) mass is 331 g/mol. The molecule has 1 saturated carbocycles. The zero-order valence-corrected chi connectivity index (χ0v) is 13.6. The number of carbonyl (C=O) groups is 1. The Morgan fingerprint density at radius 1 is 1.33 bits per heavy atom. The number of ether oxygens (including phenoxy) is 1. The quantitative estimate of drug-likeness (QED) is 0.796. The highest BCUT2D eigenvalue weighted by atomic mass is 35.7. The van der Waals surface area contributed by atoms with E-state index in [1.54, 1.807) is 11.9 Å². The Balaban J connectivity index is 2.38. The summed E-state index contributed by atoms with van der Waals surface area (Å²) < 4.78 is 28.0. The standard InChI is InChI=1S/C14H18ClNO4S/c1-16(10-5-3-4-6-10)14(17)12-9-11(21(15,18)19)7-8-13(12)20-2/h7-10H,3-6H2,1-2H3. The van der Waals surface area contributed by atoms with Crippen LogP contribution in [0, 0.1) is 0 Å². The first-order valence-corrected chi connectivity index (χ1v) is 9.05. The molecule has 0 radical (unpaired) electrons. The molecule has 21 heavy (non-hydrogen) atoms. The van der Waals surface area contributed by atoms with Gasteiger partial charge in [-0.15, -0.1) is 0 Å². The average molecular weight is 332 g/mol. The van der Waals surface area contributed by atoms with Crippen LogP contribution in [0.1, 0.15) is 36.0 Å². The minimum absolute atomic E-state index is 0.104. The molecule has 0 aromatic heterocycles. The zero-order valence-electron chi connectivity index (χ0n) is 12.0. The minimum atomic E-state index is -3.88. The minimum Gasteiger partial charge on any atom is -0.496 e. The molecule has 116 valence electrons. The molecular weight excluding hydrogens is 314 g/mol. The SMILES string of the molecule is COc1ccc(S(=O)(=O)Cl)cc1C(=O)N(C)C1CCCC1. The predicted octanol–water partition coefficient (Wildman–Crippen LogP) is 2.64. The molecule has 2 rings (SSSR count). The molecule has 5 nitrogen and oxygen atoms in total. The Bertz CT molecular complexity index is 638. The van der Waals surface area contributed by atoms with Crippen molar-refractivity contribution in [2.24, 2.45) is 0 Å². The van der Waals surface area contributed by atoms with Crippen LogP contribution in [-0.4, -0.2) is 39.4 Å². The normalized spacial score (nSPS) is 16.0. The summed E-state index contributed by atoms with van der Waals surface area (Å²) in [6.07, 6.45) is 4.15. The van der Waals surface area contributed by atoms with E-state index in [1.807, 2.05) is 0 Å². The van der Waals surface area contributed by atoms with Gasteiger partial charge in [-0.3, -0.25) is 4.79 Å². The molecule has 0 aliphatic heterocycles. The molecule has 0 heterocycles. The summed E-state index contributed by atoms with van der Waals surface area (Å²) in [5.74, 6) is 0.0924. The number of carbonyl (C=O) groups excluding carboxylic acids is 1. The Labute approximate surface area is 129 Å². The largest absolute Gasteiger partial charge is 0.496 e. The fourth-order valence-electron chi connectivity index (χ4n) is 2.65. The van der Waals surface area contributed by atoms with E-state index >= 15 is 0 Å². The number of methoxy groups -OCH3 is 1. The third kappa shape index (κ3) is 3.49. The van der Waals surface area contributed by atoms with E-state index in [2.05, 4.69) is 0 Å². The van der Waals surface area contributed by atoms with Crippen molar-refractivity contribution >= 4 is 25.6 Å². The lowest BCUT2D eigenvalue weighted by Crippen LogP contribution is -2.35. The second kappa shape index (κ2) is 6.23. The lowest BCUT2D eigenvalue weighted by Gasteiger charge is -2.25. The molecule has 0 spiro atoms. The van der Waals surface area contributed by atoms with Crippen molar-refractivity contribution in [1.82, 2.24) is 4.90 Å². The van der Waals surface area contributed by atoms with E-state index in [9.17, 15) is 13.2 Å². The maximum Gasteiger partial charge on any atom is 0.261 e. The van der Waals surface area contributed by atoms with E-state index in [-0.39, 0.29) is 22.4 Å². The second-order valence-electron chi connectivity index (χ2n) is 5.15. The number of amides is 1. The number of hydrogen-bond donors (Lipinski definition) is 0. The first-order chi connectivity index (χ1) is 9.84. The van der Waals surface area contributed by atoms with Gasteiger partial charge in [-0.25, -0.2) is 8.42 Å². The molecule has 0 atom stereocenters. The van der Waals surface area contributed by atoms with Crippen LogP contribution < -0.4 is 4.74 Å². The van der Waals surface area contributed by atoms with Gasteiger partial charge in [-0.05, 0) is 31.0 Å². The Morgan fingerprint density at radius 2 is 1.95 bits per heavy atom. The lowest BCUT2D eigenvalue weighted by atomic mass is 10.1. The van der Waals surface area contributed by atoms with Crippen molar-refractivity contribution < 1.29 is 17.9 Å². The van der Waals surface area contributed by atoms with Crippen LogP contribution in [0.2, 0.25) is 0 Å². The zero-order chi connectivity index (χ0) is 15.6. The van der Waals surface area contributed by atoms with Crippen molar-refractivity contribution in [3.63, 3.8) is 0 Å². The maximum atomic E-state index is 12.6. The van der Waals surface area contributed by atoms with Gasteiger partial charge >= 0.3 is 0 Å². The van der Waals surface area contributed by atoms with E-state index in [4.69, 9.17) is 15.4 Å². The maximum absolute atomic E-state index is 12.6. The van der Waals surface area contributed by atoms with Crippen LogP contribution in [-0.2, 0) is 9.05 Å². The van der Waals surface area contributed by atoms with Crippen LogP contribution in [0.3, 0.4) is 0 Å². The topological polar surface area (TPSA) is 63.7 Å². The molecule has 1 aliphatic carbocycles. The number of benzene rings is 1. The van der Waals surface area contributed by atoms with Crippen molar-refractivity contribution in [1.29, 1.82) is 0 Å². The molecule has 1 aliphatic rings. The van der Waals surface area contributed by atoms with Gasteiger partial charge in [0.1, 0.15) is 5.75 Å². The molecule has 0 saturated heterocycles. The smallest absolute Gasteiger partial charge is 0.261 e. The highest BCUT2D eigenvalue weighted by molar-refractivity contribution is 8.13. The number of rotatable bonds is 4. The van der Waals surface area contributed by atoms with E-state index < -0.39 is 9.05 Å². The molecule has 1 aromatic carbocycles. The number of nitrogens with zero attached hydrogens (tertiary/aromatic N) is 1. The third-order valence-corrected chi connectivity index (χ3v) is 5.23. The predicted molar refractivity (Wildman–Crippen MR) is 80.4 cm³/mol. The van der Waals surface area contributed by atoms with Crippen molar-refractivity contribution in [3.8, 4) is 5.75 Å². The molecule has 7 heteroatoms. The summed E-state index contributed by atoms with van der Waals surface area (Å²) in [6.45, 7) is 0. The first-order valence-electron chi connectivity index (χ1n) is 6.74.